The van der Waals surface area contributed by atoms with Crippen LogP contribution >= 0.6 is 34.5 Å². The maximum absolute atomic E-state index is 13.2. The number of nitrogens with zero attached hydrogens (tertiary/aromatic N) is 2. The molecule has 1 fully saturated rings. The van der Waals surface area contributed by atoms with Gasteiger partial charge in [0.25, 0.3) is 5.91 Å². The monoisotopic (exact) mass is 668 g/mol. The molecule has 1 saturated heterocycles. The predicted molar refractivity (Wildman–Crippen MR) is 168 cm³/mol. The number of aliphatic hydroxyl groups excluding tert-OH is 1. The number of fused-ring (bicyclic) bond motifs is 1. The number of sulfonamides is 1. The fourth-order valence-electron chi connectivity index (χ4n) is 4.79. The van der Waals surface area contributed by atoms with Gasteiger partial charge in [0.05, 0.1) is 16.0 Å². The second kappa shape index (κ2) is 14.4. The van der Waals surface area contributed by atoms with Crippen LogP contribution in [0, 0.1) is 5.92 Å². The number of aliphatic hydroxyl groups is 1. The third-order valence-electron chi connectivity index (χ3n) is 7.25. The summed E-state index contributed by atoms with van der Waals surface area (Å²) in [5.74, 6) is -0.753. The van der Waals surface area contributed by atoms with E-state index in [1.165, 1.54) is 41.4 Å². The first kappa shape index (κ1) is 33.2. The molecule has 43 heavy (non-hydrogen) atoms. The lowest BCUT2D eigenvalue weighted by Crippen LogP contribution is -2.58. The molecule has 2 heterocycles. The molecular formula is C29H34Cl2N4O6S2. The van der Waals surface area contributed by atoms with Crippen LogP contribution in [0.4, 0.5) is 0 Å². The Kier molecular flexibility index (Phi) is 11.1. The van der Waals surface area contributed by atoms with Gasteiger partial charge in [-0.15, -0.1) is 11.3 Å². The Morgan fingerprint density at radius 3 is 2.33 bits per heavy atom. The molecule has 3 aromatic rings. The van der Waals surface area contributed by atoms with E-state index in [1.54, 1.807) is 4.90 Å². The van der Waals surface area contributed by atoms with Crippen molar-refractivity contribution < 1.29 is 27.9 Å². The number of hydrogen-bond acceptors (Lipinski definition) is 7. The number of hydrogen-bond donors (Lipinski definition) is 3. The summed E-state index contributed by atoms with van der Waals surface area (Å²) in [5, 5.41) is 14.4. The molecule has 3 amide bonds. The van der Waals surface area contributed by atoms with Crippen molar-refractivity contribution in [2.75, 3.05) is 32.7 Å². The molecule has 0 saturated carbocycles. The number of amides is 3. The zero-order valence-electron chi connectivity index (χ0n) is 23.8. The maximum Gasteiger partial charge on any atom is 0.261 e. The zero-order chi connectivity index (χ0) is 31.3. The van der Waals surface area contributed by atoms with E-state index in [0.717, 1.165) is 10.1 Å². The van der Waals surface area contributed by atoms with Crippen LogP contribution in [0.15, 0.2) is 53.4 Å². The summed E-state index contributed by atoms with van der Waals surface area (Å²) in [4.78, 5) is 42.2. The Morgan fingerprint density at radius 1 is 1.00 bits per heavy atom. The Morgan fingerprint density at radius 2 is 1.67 bits per heavy atom. The van der Waals surface area contributed by atoms with Crippen molar-refractivity contribution >= 4 is 72.4 Å². The summed E-state index contributed by atoms with van der Waals surface area (Å²) in [7, 11) is -4.25. The molecule has 1 aliphatic rings. The topological polar surface area (TPSA) is 136 Å². The first-order valence-corrected chi connectivity index (χ1v) is 16.9. The maximum atomic E-state index is 13.2. The lowest BCUT2D eigenvalue weighted by molar-refractivity contribution is -0.142. The minimum atomic E-state index is -4.25. The predicted octanol–water partition coefficient (Wildman–Crippen LogP) is 3.75. The lowest BCUT2D eigenvalue weighted by Gasteiger charge is -2.37. The third-order valence-corrected chi connectivity index (χ3v) is 10.5. The Balaban J connectivity index is 1.23. The first-order chi connectivity index (χ1) is 20.4. The summed E-state index contributed by atoms with van der Waals surface area (Å²) in [6.45, 7) is 4.66. The molecule has 0 aliphatic carbocycles. The standard InChI is InChI=1S/C29H34Cl2N4O6S2/c1-18(9-10-32-28(38)24-16-20-5-3-4-6-23(20)42-24)15-26(37)34-11-13-35(14-12-34)29(39)27(19(2)36)33-43(40,41)25-8-7-21(30)17-22(25)31/h3-8,16-19,27,33,36H,9-15H2,1-2H3,(H,32,38)/t18?,19-,27+/m1/s1. The zero-order valence-corrected chi connectivity index (χ0v) is 26.9. The van der Waals surface area contributed by atoms with Crippen LogP contribution in [0.2, 0.25) is 10.0 Å². The molecule has 1 unspecified atom stereocenters. The molecule has 3 atom stereocenters. The van der Waals surface area contributed by atoms with Crippen molar-refractivity contribution in [2.45, 2.75) is 43.7 Å². The van der Waals surface area contributed by atoms with Gasteiger partial charge in [-0.3, -0.25) is 14.4 Å². The van der Waals surface area contributed by atoms with Crippen LogP contribution < -0.4 is 10.0 Å². The third kappa shape index (κ3) is 8.46. The molecule has 4 rings (SSSR count). The van der Waals surface area contributed by atoms with Gasteiger partial charge in [0.1, 0.15) is 10.9 Å². The number of benzene rings is 2. The smallest absolute Gasteiger partial charge is 0.261 e. The van der Waals surface area contributed by atoms with E-state index in [0.29, 0.717) is 24.3 Å². The molecule has 0 radical (unpaired) electrons. The quantitative estimate of drug-likeness (QED) is 0.285. The van der Waals surface area contributed by atoms with E-state index in [9.17, 15) is 27.9 Å². The van der Waals surface area contributed by atoms with Gasteiger partial charge >= 0.3 is 0 Å². The Hall–Kier alpha value is -2.74. The van der Waals surface area contributed by atoms with Gasteiger partial charge in [-0.25, -0.2) is 8.42 Å². The molecule has 14 heteroatoms. The van der Waals surface area contributed by atoms with Crippen molar-refractivity contribution in [3.05, 3.63) is 63.5 Å². The minimum Gasteiger partial charge on any atom is -0.391 e. The molecule has 232 valence electrons. The summed E-state index contributed by atoms with van der Waals surface area (Å²) < 4.78 is 29.2. The fraction of sp³-hybridized carbons (Fsp3) is 0.414. The highest BCUT2D eigenvalue weighted by molar-refractivity contribution is 7.89. The minimum absolute atomic E-state index is 0.0311. The van der Waals surface area contributed by atoms with Crippen LogP contribution in [-0.2, 0) is 19.6 Å². The number of halogens is 2. The first-order valence-electron chi connectivity index (χ1n) is 13.8. The van der Waals surface area contributed by atoms with Crippen LogP contribution in [0.1, 0.15) is 36.4 Å². The van der Waals surface area contributed by atoms with Crippen molar-refractivity contribution in [3.8, 4) is 0 Å². The van der Waals surface area contributed by atoms with E-state index in [2.05, 4.69) is 10.0 Å². The van der Waals surface area contributed by atoms with Gasteiger partial charge in [-0.1, -0.05) is 48.3 Å². The van der Waals surface area contributed by atoms with Crippen molar-refractivity contribution in [1.82, 2.24) is 19.8 Å². The van der Waals surface area contributed by atoms with Gasteiger partial charge in [0.15, 0.2) is 0 Å². The van der Waals surface area contributed by atoms with E-state index >= 15 is 0 Å². The second-order valence-corrected chi connectivity index (χ2v) is 14.2. The highest BCUT2D eigenvalue weighted by atomic mass is 35.5. The fourth-order valence-corrected chi connectivity index (χ4v) is 7.81. The SMILES string of the molecule is CC(CCNC(=O)c1cc2ccccc2s1)CC(=O)N1CCN(C(=O)[C@@H](NS(=O)(=O)c2ccc(Cl)cc2Cl)[C@@H](C)O)CC1. The molecule has 0 spiro atoms. The average molecular weight is 670 g/mol. The van der Waals surface area contributed by atoms with Crippen LogP contribution in [0.3, 0.4) is 0 Å². The van der Waals surface area contributed by atoms with Gasteiger partial charge < -0.3 is 20.2 Å². The largest absolute Gasteiger partial charge is 0.391 e. The molecule has 0 bridgehead atoms. The number of piperazine rings is 1. The lowest BCUT2D eigenvalue weighted by atomic mass is 10.0. The van der Waals surface area contributed by atoms with E-state index < -0.39 is 28.1 Å². The average Bonchev–Trinajstić information content (AvgIpc) is 3.40. The van der Waals surface area contributed by atoms with E-state index in [1.807, 2.05) is 37.3 Å². The van der Waals surface area contributed by atoms with E-state index in [-0.39, 0.29) is 58.9 Å². The van der Waals surface area contributed by atoms with Gasteiger partial charge in [-0.2, -0.15) is 4.72 Å². The number of nitrogens with one attached hydrogen (secondary N) is 2. The molecule has 10 nitrogen and oxygen atoms in total. The summed E-state index contributed by atoms with van der Waals surface area (Å²) in [5.41, 5.74) is 0. The second-order valence-electron chi connectivity index (χ2n) is 10.6. The number of rotatable bonds is 11. The van der Waals surface area contributed by atoms with Crippen molar-refractivity contribution in [3.63, 3.8) is 0 Å². The Labute approximate surface area is 265 Å². The summed E-state index contributed by atoms with van der Waals surface area (Å²) in [6, 6.07) is 12.1. The van der Waals surface area contributed by atoms with Crippen molar-refractivity contribution in [2.24, 2.45) is 5.92 Å². The normalized spacial score (nSPS) is 16.1. The molecular weight excluding hydrogens is 635 g/mol. The van der Waals surface area contributed by atoms with E-state index in [4.69, 9.17) is 23.2 Å². The Bertz CT molecular complexity index is 1560. The van der Waals surface area contributed by atoms with Gasteiger partial charge in [-0.05, 0) is 55.0 Å². The van der Waals surface area contributed by atoms with Crippen LogP contribution in [0.5, 0.6) is 0 Å². The van der Waals surface area contributed by atoms with Gasteiger partial charge in [0, 0.05) is 48.9 Å². The number of thiophene rings is 1. The molecule has 1 aliphatic heterocycles. The highest BCUT2D eigenvalue weighted by Gasteiger charge is 2.35. The van der Waals surface area contributed by atoms with Crippen LogP contribution in [0.25, 0.3) is 10.1 Å². The number of carbonyl (C=O) groups is 3. The van der Waals surface area contributed by atoms with Crippen LogP contribution in [-0.4, -0.2) is 85.9 Å². The van der Waals surface area contributed by atoms with Gasteiger partial charge in [0.2, 0.25) is 21.8 Å². The molecule has 2 aromatic carbocycles. The van der Waals surface area contributed by atoms with Crippen molar-refractivity contribution in [1.29, 1.82) is 0 Å². The summed E-state index contributed by atoms with van der Waals surface area (Å²) >= 11 is 13.4. The number of carbonyl (C=O) groups excluding carboxylic acids is 3. The molecule has 3 N–H and O–H groups in total. The highest BCUT2D eigenvalue weighted by Crippen LogP contribution is 2.26. The summed E-state index contributed by atoms with van der Waals surface area (Å²) in [6.07, 6.45) is -0.396. The molecule has 1 aromatic heterocycles.